The molecule has 3 rings (SSSR count). The third kappa shape index (κ3) is 3.13. The molecule has 1 aromatic carbocycles. The summed E-state index contributed by atoms with van der Waals surface area (Å²) in [6.45, 7) is 1.88. The van der Waals surface area contributed by atoms with E-state index < -0.39 is 29.6 Å². The van der Waals surface area contributed by atoms with E-state index in [-0.39, 0.29) is 17.1 Å². The van der Waals surface area contributed by atoms with E-state index in [0.29, 0.717) is 26.3 Å². The van der Waals surface area contributed by atoms with Crippen LogP contribution in [0.1, 0.15) is 12.0 Å². The molecular weight excluding hydrogens is 349 g/mol. The highest BCUT2D eigenvalue weighted by Crippen LogP contribution is 2.37. The molecule has 1 aromatic rings. The van der Waals surface area contributed by atoms with Crippen molar-refractivity contribution in [3.8, 4) is 0 Å². The average molecular weight is 363 g/mol. The third-order valence-electron chi connectivity index (χ3n) is 4.12. The first-order valence-corrected chi connectivity index (χ1v) is 7.72. The molecule has 24 heavy (non-hydrogen) atoms. The van der Waals surface area contributed by atoms with E-state index in [4.69, 9.17) is 16.3 Å². The molecule has 0 radical (unpaired) electrons. The van der Waals surface area contributed by atoms with Crippen LogP contribution in [0.25, 0.3) is 0 Å². The predicted octanol–water partition coefficient (Wildman–Crippen LogP) is 2.32. The zero-order valence-electron chi connectivity index (χ0n) is 12.5. The first-order chi connectivity index (χ1) is 11.3. The molecule has 0 aliphatic carbocycles. The topological polar surface area (TPSA) is 49.9 Å². The minimum absolute atomic E-state index is 0.0765. The number of benzene rings is 1. The number of carbonyl (C=O) groups excluding carboxylic acids is 2. The SMILES string of the molecule is O=C1C[C@@H](N2CCOCC2)C(=O)N1c1cc(C(F)(F)F)ccc1Cl. The largest absolute Gasteiger partial charge is 0.416 e. The van der Waals surface area contributed by atoms with Gasteiger partial charge in [-0.15, -0.1) is 0 Å². The molecule has 2 fully saturated rings. The van der Waals surface area contributed by atoms with Crippen LogP contribution in [-0.2, 0) is 20.5 Å². The Morgan fingerprint density at radius 3 is 2.46 bits per heavy atom. The molecule has 2 heterocycles. The van der Waals surface area contributed by atoms with Crippen molar-refractivity contribution in [1.29, 1.82) is 0 Å². The van der Waals surface area contributed by atoms with Crippen LogP contribution in [0.3, 0.4) is 0 Å². The van der Waals surface area contributed by atoms with E-state index in [1.54, 1.807) is 0 Å². The number of anilines is 1. The second-order valence-corrected chi connectivity index (χ2v) is 6.01. The van der Waals surface area contributed by atoms with Crippen LogP contribution in [-0.4, -0.2) is 49.1 Å². The Balaban J connectivity index is 1.91. The maximum Gasteiger partial charge on any atom is 0.416 e. The number of amides is 2. The summed E-state index contributed by atoms with van der Waals surface area (Å²) in [6, 6.07) is 1.91. The molecule has 0 unspecified atom stereocenters. The van der Waals surface area contributed by atoms with Crippen LogP contribution >= 0.6 is 11.6 Å². The van der Waals surface area contributed by atoms with Crippen molar-refractivity contribution in [2.45, 2.75) is 18.6 Å². The molecule has 0 saturated carbocycles. The number of ether oxygens (including phenoxy) is 1. The van der Waals surface area contributed by atoms with Gasteiger partial charge in [-0.25, -0.2) is 4.90 Å². The van der Waals surface area contributed by atoms with Gasteiger partial charge in [-0.1, -0.05) is 11.6 Å². The second kappa shape index (κ2) is 6.34. The lowest BCUT2D eigenvalue weighted by Gasteiger charge is -2.30. The Bertz CT molecular complexity index is 674. The van der Waals surface area contributed by atoms with Crippen molar-refractivity contribution in [1.82, 2.24) is 4.90 Å². The fraction of sp³-hybridized carbons (Fsp3) is 0.467. The van der Waals surface area contributed by atoms with Gasteiger partial charge in [0.15, 0.2) is 0 Å². The van der Waals surface area contributed by atoms with Gasteiger partial charge in [-0.2, -0.15) is 13.2 Å². The highest BCUT2D eigenvalue weighted by molar-refractivity contribution is 6.36. The molecule has 9 heteroatoms. The van der Waals surface area contributed by atoms with E-state index in [9.17, 15) is 22.8 Å². The zero-order valence-corrected chi connectivity index (χ0v) is 13.2. The van der Waals surface area contributed by atoms with Crippen LogP contribution in [0, 0.1) is 0 Å². The summed E-state index contributed by atoms with van der Waals surface area (Å²) in [6.07, 6.45) is -4.67. The highest BCUT2D eigenvalue weighted by atomic mass is 35.5. The minimum atomic E-state index is -4.59. The van der Waals surface area contributed by atoms with Crippen LogP contribution < -0.4 is 4.90 Å². The normalized spacial score (nSPS) is 23.2. The maximum atomic E-state index is 12.9. The van der Waals surface area contributed by atoms with Gasteiger partial charge in [0.05, 0.1) is 41.9 Å². The predicted molar refractivity (Wildman–Crippen MR) is 79.7 cm³/mol. The zero-order chi connectivity index (χ0) is 17.5. The number of hydrogen-bond acceptors (Lipinski definition) is 4. The van der Waals surface area contributed by atoms with Crippen molar-refractivity contribution in [2.24, 2.45) is 0 Å². The Hall–Kier alpha value is -1.64. The molecule has 0 N–H and O–H groups in total. The Kier molecular flexibility index (Phi) is 4.54. The molecule has 2 aliphatic rings. The van der Waals surface area contributed by atoms with Gasteiger partial charge < -0.3 is 4.74 Å². The fourth-order valence-electron chi connectivity index (χ4n) is 2.90. The van der Waals surface area contributed by atoms with Gasteiger partial charge in [0, 0.05) is 13.1 Å². The number of imide groups is 1. The molecule has 0 aromatic heterocycles. The summed E-state index contributed by atoms with van der Waals surface area (Å²) in [5, 5.41) is -0.0765. The van der Waals surface area contributed by atoms with Gasteiger partial charge in [-0.05, 0) is 18.2 Å². The van der Waals surface area contributed by atoms with E-state index in [0.717, 1.165) is 23.1 Å². The van der Waals surface area contributed by atoms with Crippen LogP contribution in [0.4, 0.5) is 18.9 Å². The van der Waals surface area contributed by atoms with Crippen LogP contribution in [0.2, 0.25) is 5.02 Å². The standard InChI is InChI=1S/C15H14ClF3N2O3/c16-10-2-1-9(15(17,18)19)7-11(10)21-13(22)8-12(14(21)23)20-3-5-24-6-4-20/h1-2,7,12H,3-6,8H2/t12-/m1/s1. The van der Waals surface area contributed by atoms with Crippen LogP contribution in [0.15, 0.2) is 18.2 Å². The lowest BCUT2D eigenvalue weighted by molar-refractivity contribution is -0.137. The number of rotatable bonds is 2. The van der Waals surface area contributed by atoms with E-state index >= 15 is 0 Å². The maximum absolute atomic E-state index is 12.9. The first kappa shape index (κ1) is 17.2. The van der Waals surface area contributed by atoms with Crippen molar-refractivity contribution < 1.29 is 27.5 Å². The van der Waals surface area contributed by atoms with E-state index in [1.165, 1.54) is 0 Å². The monoisotopic (exact) mass is 362 g/mol. The number of carbonyl (C=O) groups is 2. The van der Waals surface area contributed by atoms with Crippen molar-refractivity contribution in [3.05, 3.63) is 28.8 Å². The first-order valence-electron chi connectivity index (χ1n) is 7.34. The van der Waals surface area contributed by atoms with Crippen molar-refractivity contribution in [2.75, 3.05) is 31.2 Å². The molecule has 0 spiro atoms. The molecule has 5 nitrogen and oxygen atoms in total. The second-order valence-electron chi connectivity index (χ2n) is 5.60. The lowest BCUT2D eigenvalue weighted by Crippen LogP contribution is -2.47. The number of nitrogens with zero attached hydrogens (tertiary/aromatic N) is 2. The molecular formula is C15H14ClF3N2O3. The van der Waals surface area contributed by atoms with Crippen molar-refractivity contribution in [3.63, 3.8) is 0 Å². The quantitative estimate of drug-likeness (QED) is 0.758. The summed E-state index contributed by atoms with van der Waals surface area (Å²) in [7, 11) is 0. The Labute approximate surface area is 140 Å². The van der Waals surface area contributed by atoms with E-state index in [2.05, 4.69) is 0 Å². The number of morpholine rings is 1. The summed E-state index contributed by atoms with van der Waals surface area (Å²) in [5.74, 6) is -1.11. The van der Waals surface area contributed by atoms with Gasteiger partial charge in [-0.3, -0.25) is 14.5 Å². The van der Waals surface area contributed by atoms with Gasteiger partial charge >= 0.3 is 6.18 Å². The van der Waals surface area contributed by atoms with E-state index in [1.807, 2.05) is 4.90 Å². The summed E-state index contributed by atoms with van der Waals surface area (Å²) in [4.78, 5) is 27.4. The summed E-state index contributed by atoms with van der Waals surface area (Å²) >= 11 is 5.94. The number of alkyl halides is 3. The number of hydrogen-bond donors (Lipinski definition) is 0. The molecule has 2 amide bonds. The Morgan fingerprint density at radius 2 is 1.83 bits per heavy atom. The molecule has 1 atom stereocenters. The lowest BCUT2D eigenvalue weighted by atomic mass is 10.1. The van der Waals surface area contributed by atoms with Gasteiger partial charge in [0.2, 0.25) is 5.91 Å². The molecule has 0 bridgehead atoms. The van der Waals surface area contributed by atoms with Crippen molar-refractivity contribution >= 4 is 29.1 Å². The van der Waals surface area contributed by atoms with Gasteiger partial charge in [0.1, 0.15) is 0 Å². The third-order valence-corrected chi connectivity index (χ3v) is 4.44. The molecule has 2 saturated heterocycles. The molecule has 2 aliphatic heterocycles. The Morgan fingerprint density at radius 1 is 1.17 bits per heavy atom. The summed E-state index contributed by atoms with van der Waals surface area (Å²) in [5.41, 5.74) is -1.19. The highest BCUT2D eigenvalue weighted by Gasteiger charge is 2.44. The van der Waals surface area contributed by atoms with Gasteiger partial charge in [0.25, 0.3) is 5.91 Å². The smallest absolute Gasteiger partial charge is 0.379 e. The van der Waals surface area contributed by atoms with Crippen LogP contribution in [0.5, 0.6) is 0 Å². The minimum Gasteiger partial charge on any atom is -0.379 e. The fourth-order valence-corrected chi connectivity index (χ4v) is 3.11. The molecule has 130 valence electrons. The number of halogens is 4. The average Bonchev–Trinajstić information content (AvgIpc) is 2.83. The summed E-state index contributed by atoms with van der Waals surface area (Å²) < 4.78 is 43.9.